The van der Waals surface area contributed by atoms with Crippen LogP contribution in [0.2, 0.25) is 0 Å². The summed E-state index contributed by atoms with van der Waals surface area (Å²) in [6.45, 7) is 8.92. The molecule has 0 aliphatic rings. The smallest absolute Gasteiger partial charge is 0.242 e. The first-order chi connectivity index (χ1) is 12.8. The Morgan fingerprint density at radius 1 is 1.22 bits per heavy atom. The molecule has 0 radical (unpaired) electrons. The van der Waals surface area contributed by atoms with Gasteiger partial charge in [0.05, 0.1) is 21.7 Å². The zero-order chi connectivity index (χ0) is 20.2. The van der Waals surface area contributed by atoms with Crippen LogP contribution in [-0.4, -0.2) is 58.7 Å². The van der Waals surface area contributed by atoms with Crippen LogP contribution in [0.5, 0.6) is 0 Å². The van der Waals surface area contributed by atoms with Gasteiger partial charge in [0.2, 0.25) is 10.0 Å². The molecule has 1 aromatic carbocycles. The molecular formula is C18H28N4O2S3. The fraction of sp³-hybridized carbons (Fsp3) is 0.556. The number of hydrogen-bond donors (Lipinski definition) is 0. The highest BCUT2D eigenvalue weighted by Crippen LogP contribution is 2.25. The lowest BCUT2D eigenvalue weighted by molar-refractivity contribution is 0.482. The maximum Gasteiger partial charge on any atom is 0.242 e. The molecule has 0 saturated carbocycles. The van der Waals surface area contributed by atoms with Crippen molar-refractivity contribution in [3.8, 4) is 0 Å². The molecule has 0 spiro atoms. The summed E-state index contributed by atoms with van der Waals surface area (Å²) in [5.74, 6) is 1.59. The van der Waals surface area contributed by atoms with E-state index in [1.54, 1.807) is 23.9 Å². The van der Waals surface area contributed by atoms with Gasteiger partial charge >= 0.3 is 0 Å². The number of imidazole rings is 1. The lowest BCUT2D eigenvalue weighted by atomic mass is 10.3. The highest BCUT2D eigenvalue weighted by molar-refractivity contribution is 8.22. The Kier molecular flexibility index (Phi) is 7.67. The molecule has 1 heterocycles. The van der Waals surface area contributed by atoms with E-state index in [0.717, 1.165) is 41.7 Å². The van der Waals surface area contributed by atoms with Crippen LogP contribution in [0.25, 0.3) is 11.0 Å². The molecule has 0 unspecified atom stereocenters. The summed E-state index contributed by atoms with van der Waals surface area (Å²) >= 11 is 7.13. The fourth-order valence-electron chi connectivity index (χ4n) is 2.81. The van der Waals surface area contributed by atoms with Crippen LogP contribution in [0.1, 0.15) is 33.0 Å². The molecule has 9 heteroatoms. The number of nitrogens with zero attached hydrogens (tertiary/aromatic N) is 4. The van der Waals surface area contributed by atoms with Gasteiger partial charge in [0.1, 0.15) is 10.1 Å². The second-order valence-corrected chi connectivity index (χ2v) is 10.1. The second-order valence-electron chi connectivity index (χ2n) is 6.34. The van der Waals surface area contributed by atoms with E-state index in [9.17, 15) is 8.42 Å². The minimum Gasteiger partial charge on any atom is -0.358 e. The molecule has 0 amide bonds. The van der Waals surface area contributed by atoms with Crippen LogP contribution >= 0.6 is 24.0 Å². The van der Waals surface area contributed by atoms with Gasteiger partial charge in [-0.3, -0.25) is 0 Å². The highest BCUT2D eigenvalue weighted by Gasteiger charge is 2.20. The van der Waals surface area contributed by atoms with Crippen molar-refractivity contribution in [2.75, 3.05) is 27.2 Å². The number of benzene rings is 1. The first kappa shape index (κ1) is 22.1. The van der Waals surface area contributed by atoms with Crippen molar-refractivity contribution in [1.82, 2.24) is 18.8 Å². The topological polar surface area (TPSA) is 58.4 Å². The average Bonchev–Trinajstić information content (AvgIpc) is 2.98. The SMILES string of the molecule is CCCn1c(CSC(=S)N(CC)CC)nc2cc(S(=O)(=O)N(C)C)ccc21. The summed E-state index contributed by atoms with van der Waals surface area (Å²) in [6, 6.07) is 5.17. The summed E-state index contributed by atoms with van der Waals surface area (Å²) in [5.41, 5.74) is 1.66. The van der Waals surface area contributed by atoms with E-state index in [0.29, 0.717) is 11.3 Å². The zero-order valence-corrected chi connectivity index (χ0v) is 19.0. The molecule has 0 saturated heterocycles. The predicted molar refractivity (Wildman–Crippen MR) is 118 cm³/mol. The van der Waals surface area contributed by atoms with E-state index in [4.69, 9.17) is 17.2 Å². The molecule has 0 atom stereocenters. The van der Waals surface area contributed by atoms with Crippen molar-refractivity contribution in [3.05, 3.63) is 24.0 Å². The van der Waals surface area contributed by atoms with E-state index in [1.807, 2.05) is 6.07 Å². The Bertz CT molecular complexity index is 903. The number of aromatic nitrogens is 2. The maximum atomic E-state index is 12.4. The van der Waals surface area contributed by atoms with Crippen LogP contribution in [0.3, 0.4) is 0 Å². The molecule has 0 bridgehead atoms. The number of aryl methyl sites for hydroxylation is 1. The third kappa shape index (κ3) is 4.82. The number of thiocarbonyl (C=S) groups is 1. The normalized spacial score (nSPS) is 12.1. The Labute approximate surface area is 172 Å². The molecule has 150 valence electrons. The number of rotatable bonds is 8. The van der Waals surface area contributed by atoms with Gasteiger partial charge in [0, 0.05) is 33.7 Å². The maximum absolute atomic E-state index is 12.4. The minimum absolute atomic E-state index is 0.263. The van der Waals surface area contributed by atoms with Crippen molar-refractivity contribution < 1.29 is 8.42 Å². The van der Waals surface area contributed by atoms with E-state index in [1.165, 1.54) is 18.4 Å². The van der Waals surface area contributed by atoms with Crippen LogP contribution in [0.15, 0.2) is 23.1 Å². The summed E-state index contributed by atoms with van der Waals surface area (Å²) in [4.78, 5) is 7.14. The summed E-state index contributed by atoms with van der Waals surface area (Å²) in [6.07, 6.45) is 0.974. The molecular weight excluding hydrogens is 400 g/mol. The lowest BCUT2D eigenvalue weighted by Crippen LogP contribution is -2.26. The van der Waals surface area contributed by atoms with Crippen molar-refractivity contribution in [2.45, 2.75) is 44.4 Å². The van der Waals surface area contributed by atoms with Gasteiger partial charge in [-0.1, -0.05) is 30.9 Å². The first-order valence-electron chi connectivity index (χ1n) is 9.09. The molecule has 0 N–H and O–H groups in total. The van der Waals surface area contributed by atoms with Gasteiger partial charge in [-0.05, 0) is 38.5 Å². The number of thioether (sulfide) groups is 1. The molecule has 1 aromatic heterocycles. The van der Waals surface area contributed by atoms with Crippen LogP contribution in [0, 0.1) is 0 Å². The number of hydrogen-bond acceptors (Lipinski definition) is 5. The standard InChI is InChI=1S/C18H28N4O2S3/c1-6-11-22-16-10-9-14(27(23,24)20(4)5)12-15(16)19-17(22)13-26-18(25)21(7-2)8-3/h9-10,12H,6-8,11,13H2,1-5H3. The summed E-state index contributed by atoms with van der Waals surface area (Å²) < 4.78 is 29.1. The Hall–Kier alpha value is -1.16. The molecule has 0 aliphatic heterocycles. The van der Waals surface area contributed by atoms with Gasteiger partial charge < -0.3 is 9.47 Å². The van der Waals surface area contributed by atoms with Crippen LogP contribution in [-0.2, 0) is 22.3 Å². The van der Waals surface area contributed by atoms with E-state index in [-0.39, 0.29) is 4.90 Å². The van der Waals surface area contributed by atoms with Gasteiger partial charge in [0.15, 0.2) is 0 Å². The van der Waals surface area contributed by atoms with Gasteiger partial charge in [-0.25, -0.2) is 17.7 Å². The summed E-state index contributed by atoms with van der Waals surface area (Å²) in [7, 11) is -0.410. The Morgan fingerprint density at radius 3 is 2.44 bits per heavy atom. The second kappa shape index (κ2) is 9.36. The number of fused-ring (bicyclic) bond motifs is 1. The van der Waals surface area contributed by atoms with Crippen LogP contribution in [0.4, 0.5) is 0 Å². The fourth-order valence-corrected chi connectivity index (χ4v) is 5.08. The van der Waals surface area contributed by atoms with Gasteiger partial charge in [-0.2, -0.15) is 0 Å². The van der Waals surface area contributed by atoms with Crippen molar-refractivity contribution in [2.24, 2.45) is 0 Å². The highest BCUT2D eigenvalue weighted by atomic mass is 32.2. The molecule has 27 heavy (non-hydrogen) atoms. The van der Waals surface area contributed by atoms with Crippen molar-refractivity contribution in [3.63, 3.8) is 0 Å². The van der Waals surface area contributed by atoms with Gasteiger partial charge in [-0.15, -0.1) is 0 Å². The lowest BCUT2D eigenvalue weighted by Gasteiger charge is -2.20. The van der Waals surface area contributed by atoms with Crippen molar-refractivity contribution in [1.29, 1.82) is 0 Å². The largest absolute Gasteiger partial charge is 0.358 e. The minimum atomic E-state index is -3.48. The molecule has 6 nitrogen and oxygen atoms in total. The Morgan fingerprint density at radius 2 is 1.89 bits per heavy atom. The monoisotopic (exact) mass is 428 g/mol. The quantitative estimate of drug-likeness (QED) is 0.599. The molecule has 0 aliphatic carbocycles. The zero-order valence-electron chi connectivity index (χ0n) is 16.6. The predicted octanol–water partition coefficient (Wildman–Crippen LogP) is 3.56. The average molecular weight is 429 g/mol. The summed E-state index contributed by atoms with van der Waals surface area (Å²) in [5, 5.41) is 0. The van der Waals surface area contributed by atoms with E-state index < -0.39 is 10.0 Å². The van der Waals surface area contributed by atoms with E-state index in [2.05, 4.69) is 30.2 Å². The molecule has 2 aromatic rings. The first-order valence-corrected chi connectivity index (χ1v) is 11.9. The number of sulfonamides is 1. The molecule has 2 rings (SSSR count). The van der Waals surface area contributed by atoms with Gasteiger partial charge in [0.25, 0.3) is 0 Å². The third-order valence-electron chi connectivity index (χ3n) is 4.37. The third-order valence-corrected chi connectivity index (χ3v) is 7.70. The van der Waals surface area contributed by atoms with E-state index >= 15 is 0 Å². The van der Waals surface area contributed by atoms with Crippen molar-refractivity contribution >= 4 is 49.4 Å². The van der Waals surface area contributed by atoms with Crippen LogP contribution < -0.4 is 0 Å². The Balaban J connectivity index is 2.38. The molecule has 0 fully saturated rings.